The van der Waals surface area contributed by atoms with Crippen LogP contribution in [-0.2, 0) is 42.9 Å². The molecule has 10 heteroatoms. The van der Waals surface area contributed by atoms with Crippen molar-refractivity contribution >= 4 is 44.5 Å². The summed E-state index contributed by atoms with van der Waals surface area (Å²) in [5.74, 6) is -0.704. The molecule has 0 radical (unpaired) electrons. The van der Waals surface area contributed by atoms with Gasteiger partial charge in [-0.05, 0) is 28.8 Å². The molecule has 8 nitrogen and oxygen atoms in total. The van der Waals surface area contributed by atoms with Crippen LogP contribution in [0.3, 0.4) is 0 Å². The molecule has 1 N–H and O–H groups in total. The second kappa shape index (κ2) is 10.5. The second-order valence-corrected chi connectivity index (χ2v) is 9.94. The van der Waals surface area contributed by atoms with E-state index in [-0.39, 0.29) is 35.7 Å². The van der Waals surface area contributed by atoms with Crippen LogP contribution in [-0.4, -0.2) is 56.5 Å². The van der Waals surface area contributed by atoms with Gasteiger partial charge in [0.15, 0.2) is 0 Å². The summed E-state index contributed by atoms with van der Waals surface area (Å²) in [4.78, 5) is 39.6. The van der Waals surface area contributed by atoms with Crippen molar-refractivity contribution in [1.29, 1.82) is 0 Å². The number of nitrogens with one attached hydrogen (secondary N) is 1. The number of carbonyl (C=O) groups excluding carboxylic acids is 3. The number of alkyl halides is 1. The maximum absolute atomic E-state index is 13.0. The van der Waals surface area contributed by atoms with Crippen LogP contribution in [0.25, 0.3) is 0 Å². The largest absolute Gasteiger partial charge is 0.497 e. The molecule has 3 atom stereocenters. The van der Waals surface area contributed by atoms with Crippen LogP contribution < -0.4 is 10.1 Å². The van der Waals surface area contributed by atoms with Crippen LogP contribution in [0.5, 0.6) is 5.75 Å². The normalized spacial score (nSPS) is 21.4. The number of nitrogens with zero attached hydrogens (tertiary/aromatic N) is 1. The summed E-state index contributed by atoms with van der Waals surface area (Å²) in [6.45, 7) is 0.00885. The molecule has 34 heavy (non-hydrogen) atoms. The number of esters is 1. The predicted molar refractivity (Wildman–Crippen MR) is 129 cm³/mol. The predicted octanol–water partition coefficient (Wildman–Crippen LogP) is 2.05. The smallest absolute Gasteiger partial charge is 0.355 e. The summed E-state index contributed by atoms with van der Waals surface area (Å²) in [6.07, 6.45) is 0.100. The zero-order valence-corrected chi connectivity index (χ0v) is 20.8. The van der Waals surface area contributed by atoms with Crippen molar-refractivity contribution in [1.82, 2.24) is 10.2 Å². The highest BCUT2D eigenvalue weighted by atomic mass is 79.9. The summed E-state index contributed by atoms with van der Waals surface area (Å²) in [5.41, 5.74) is 2.18. The van der Waals surface area contributed by atoms with Crippen molar-refractivity contribution in [2.75, 3.05) is 18.2 Å². The lowest BCUT2D eigenvalue weighted by Gasteiger charge is -2.49. The first-order valence-electron chi connectivity index (χ1n) is 10.5. The van der Waals surface area contributed by atoms with E-state index in [9.17, 15) is 18.6 Å². The topological polar surface area (TPSA) is 102 Å². The fourth-order valence-electron chi connectivity index (χ4n) is 3.89. The Bertz CT molecular complexity index is 1150. The van der Waals surface area contributed by atoms with Crippen LogP contribution in [0.15, 0.2) is 65.9 Å². The number of methoxy groups -OCH3 is 1. The number of β-lactam (4-membered cyclic amide) rings is 1. The van der Waals surface area contributed by atoms with Gasteiger partial charge in [0.1, 0.15) is 29.5 Å². The van der Waals surface area contributed by atoms with Gasteiger partial charge in [-0.3, -0.25) is 18.7 Å². The van der Waals surface area contributed by atoms with Gasteiger partial charge in [0.25, 0.3) is 5.91 Å². The van der Waals surface area contributed by atoms with E-state index in [0.717, 1.165) is 11.1 Å². The van der Waals surface area contributed by atoms with Gasteiger partial charge in [0.05, 0.1) is 30.1 Å². The molecular weight excluding hydrogens is 524 g/mol. The summed E-state index contributed by atoms with van der Waals surface area (Å²) < 4.78 is 23.5. The second-order valence-electron chi connectivity index (χ2n) is 7.84. The molecule has 1 fully saturated rings. The molecule has 0 spiro atoms. The van der Waals surface area contributed by atoms with E-state index in [1.807, 2.05) is 30.3 Å². The molecule has 2 amide bonds. The van der Waals surface area contributed by atoms with Gasteiger partial charge in [0, 0.05) is 5.33 Å². The molecule has 2 heterocycles. The monoisotopic (exact) mass is 546 g/mol. The van der Waals surface area contributed by atoms with E-state index in [2.05, 4.69) is 21.2 Å². The number of fused-ring (bicyclic) bond motifs is 1. The Morgan fingerprint density at radius 1 is 1.12 bits per heavy atom. The molecule has 2 aliphatic heterocycles. The van der Waals surface area contributed by atoms with Crippen molar-refractivity contribution < 1.29 is 28.1 Å². The number of carbonyl (C=O) groups is 3. The quantitative estimate of drug-likeness (QED) is 0.309. The molecule has 178 valence electrons. The Morgan fingerprint density at radius 2 is 1.82 bits per heavy atom. The molecule has 2 aromatic rings. The summed E-state index contributed by atoms with van der Waals surface area (Å²) in [6, 6.07) is 15.2. The zero-order chi connectivity index (χ0) is 24.2. The zero-order valence-electron chi connectivity index (χ0n) is 18.4. The number of rotatable bonds is 8. The van der Waals surface area contributed by atoms with Crippen LogP contribution in [0.4, 0.5) is 0 Å². The third-order valence-electron chi connectivity index (χ3n) is 5.61. The molecule has 0 aromatic heterocycles. The van der Waals surface area contributed by atoms with E-state index in [4.69, 9.17) is 9.47 Å². The van der Waals surface area contributed by atoms with Crippen molar-refractivity contribution in [2.24, 2.45) is 0 Å². The van der Waals surface area contributed by atoms with Crippen LogP contribution in [0.2, 0.25) is 0 Å². The Hall–Kier alpha value is -2.98. The number of amides is 2. The highest BCUT2D eigenvalue weighted by Gasteiger charge is 2.57. The lowest BCUT2D eigenvalue weighted by Crippen LogP contribution is -2.73. The van der Waals surface area contributed by atoms with Gasteiger partial charge in [-0.25, -0.2) is 4.79 Å². The fourth-order valence-corrected chi connectivity index (χ4v) is 6.30. The van der Waals surface area contributed by atoms with Crippen molar-refractivity contribution in [3.8, 4) is 5.75 Å². The highest BCUT2D eigenvalue weighted by Crippen LogP contribution is 2.36. The Balaban J connectivity index is 1.45. The van der Waals surface area contributed by atoms with E-state index in [1.54, 1.807) is 31.4 Å². The molecule has 2 unspecified atom stereocenters. The third-order valence-corrected chi connectivity index (χ3v) is 7.94. The van der Waals surface area contributed by atoms with Gasteiger partial charge < -0.3 is 14.8 Å². The first kappa shape index (κ1) is 24.2. The molecule has 1 saturated heterocycles. The summed E-state index contributed by atoms with van der Waals surface area (Å²) >= 11 is 3.32. The summed E-state index contributed by atoms with van der Waals surface area (Å²) in [7, 11) is 0.0917. The SMILES string of the molecule is COc1ccc(COC(=O)C2=C(CBr)CS(=O)[C@@H]3C(NC(=O)Cc4ccccc4)C(=O)N23)cc1. The highest BCUT2D eigenvalue weighted by molar-refractivity contribution is 9.09. The lowest BCUT2D eigenvalue weighted by atomic mass is 10.0. The van der Waals surface area contributed by atoms with Gasteiger partial charge in [0.2, 0.25) is 5.91 Å². The van der Waals surface area contributed by atoms with E-state index in [0.29, 0.717) is 11.3 Å². The minimum atomic E-state index is -1.47. The fraction of sp³-hybridized carbons (Fsp3) is 0.292. The number of benzene rings is 2. The first-order chi connectivity index (χ1) is 16.4. The number of hydrogen-bond donors (Lipinski definition) is 1. The maximum atomic E-state index is 13.0. The Kier molecular flexibility index (Phi) is 7.47. The van der Waals surface area contributed by atoms with Crippen LogP contribution in [0.1, 0.15) is 11.1 Å². The molecule has 0 saturated carbocycles. The third kappa shape index (κ3) is 4.92. The van der Waals surface area contributed by atoms with Crippen molar-refractivity contribution in [3.63, 3.8) is 0 Å². The van der Waals surface area contributed by atoms with Crippen LogP contribution in [0, 0.1) is 0 Å². The minimum absolute atomic E-state index is 0.00885. The number of halogens is 1. The molecule has 2 aromatic carbocycles. The first-order valence-corrected chi connectivity index (χ1v) is 13.0. The van der Waals surface area contributed by atoms with E-state index >= 15 is 0 Å². The molecule has 0 bridgehead atoms. The van der Waals surface area contributed by atoms with E-state index < -0.39 is 34.1 Å². The Morgan fingerprint density at radius 3 is 2.47 bits per heavy atom. The van der Waals surface area contributed by atoms with Gasteiger partial charge in [-0.15, -0.1) is 0 Å². The van der Waals surface area contributed by atoms with E-state index in [1.165, 1.54) is 4.90 Å². The average molecular weight is 547 g/mol. The minimum Gasteiger partial charge on any atom is -0.497 e. The maximum Gasteiger partial charge on any atom is 0.355 e. The standard InChI is InChI=1S/C24H23BrN2O6S/c1-32-18-9-7-16(8-10-18)13-33-24(30)21-17(12-25)14-34(31)23-20(22(29)27(21)23)26-19(28)11-15-5-3-2-4-6-15/h2-10,20,23H,11-14H2,1H3,(H,26,28)/t20?,23-,34?/m1/s1. The van der Waals surface area contributed by atoms with Crippen LogP contribution >= 0.6 is 15.9 Å². The van der Waals surface area contributed by atoms with Crippen molar-refractivity contribution in [2.45, 2.75) is 24.4 Å². The molecule has 0 aliphatic carbocycles. The van der Waals surface area contributed by atoms with Gasteiger partial charge in [-0.2, -0.15) is 0 Å². The van der Waals surface area contributed by atoms with Gasteiger partial charge >= 0.3 is 5.97 Å². The van der Waals surface area contributed by atoms with Gasteiger partial charge in [-0.1, -0.05) is 58.4 Å². The lowest BCUT2D eigenvalue weighted by molar-refractivity contribution is -0.153. The Labute approximate surface area is 207 Å². The van der Waals surface area contributed by atoms with Crippen molar-refractivity contribution in [3.05, 3.63) is 77.0 Å². The summed E-state index contributed by atoms with van der Waals surface area (Å²) in [5, 5.41) is 2.15. The molecule has 2 aliphatic rings. The molecule has 4 rings (SSSR count). The number of ether oxygens (including phenoxy) is 2. The average Bonchev–Trinajstić information content (AvgIpc) is 2.86. The number of hydrogen-bond acceptors (Lipinski definition) is 6. The molecular formula is C24H23BrN2O6S.